The van der Waals surface area contributed by atoms with Gasteiger partial charge in [0, 0.05) is 13.1 Å². The number of ether oxygens (including phenoxy) is 1. The van der Waals surface area contributed by atoms with Gasteiger partial charge in [-0.05, 0) is 76.1 Å². The number of benzene rings is 1. The smallest absolute Gasteiger partial charge is 0.410 e. The SMILES string of the molecule is Cc1cc(O)cc(C[C@H]2CCCN(C(=O)OC(C)(C)C)C2)c1. The number of hydrogen-bond donors (Lipinski definition) is 1. The summed E-state index contributed by atoms with van der Waals surface area (Å²) >= 11 is 0. The van der Waals surface area contributed by atoms with Gasteiger partial charge in [0.05, 0.1) is 0 Å². The van der Waals surface area contributed by atoms with Crippen LogP contribution in [-0.2, 0) is 11.2 Å². The first-order valence-corrected chi connectivity index (χ1v) is 8.00. The van der Waals surface area contributed by atoms with E-state index in [-0.39, 0.29) is 6.09 Å². The van der Waals surface area contributed by atoms with Crippen molar-refractivity contribution in [3.8, 4) is 5.75 Å². The fraction of sp³-hybridized carbons (Fsp3) is 0.611. The summed E-state index contributed by atoms with van der Waals surface area (Å²) in [5, 5.41) is 9.71. The van der Waals surface area contributed by atoms with E-state index in [9.17, 15) is 9.90 Å². The molecule has 1 aromatic rings. The normalized spacial score (nSPS) is 19.1. The molecule has 1 amide bonds. The average Bonchev–Trinajstić information content (AvgIpc) is 2.35. The second-order valence-corrected chi connectivity index (χ2v) is 7.32. The van der Waals surface area contributed by atoms with Gasteiger partial charge in [-0.25, -0.2) is 4.79 Å². The Bertz CT molecular complexity index is 513. The van der Waals surface area contributed by atoms with E-state index >= 15 is 0 Å². The monoisotopic (exact) mass is 305 g/mol. The number of piperidine rings is 1. The van der Waals surface area contributed by atoms with Crippen molar-refractivity contribution < 1.29 is 14.6 Å². The van der Waals surface area contributed by atoms with Crippen LogP contribution < -0.4 is 0 Å². The molecular formula is C18H27NO3. The van der Waals surface area contributed by atoms with Gasteiger partial charge in [0.25, 0.3) is 0 Å². The van der Waals surface area contributed by atoms with Crippen LogP contribution in [-0.4, -0.2) is 34.8 Å². The average molecular weight is 305 g/mol. The van der Waals surface area contributed by atoms with Gasteiger partial charge in [0.2, 0.25) is 0 Å². The molecule has 0 aliphatic carbocycles. The molecule has 22 heavy (non-hydrogen) atoms. The summed E-state index contributed by atoms with van der Waals surface area (Å²) in [5.74, 6) is 0.734. The molecule has 0 saturated carbocycles. The molecule has 0 bridgehead atoms. The third-order valence-electron chi connectivity index (χ3n) is 3.82. The van der Waals surface area contributed by atoms with Crippen molar-refractivity contribution in [2.24, 2.45) is 5.92 Å². The highest BCUT2D eigenvalue weighted by molar-refractivity contribution is 5.68. The van der Waals surface area contributed by atoms with Crippen molar-refractivity contribution >= 4 is 6.09 Å². The largest absolute Gasteiger partial charge is 0.508 e. The van der Waals surface area contributed by atoms with Gasteiger partial charge in [-0.1, -0.05) is 6.07 Å². The van der Waals surface area contributed by atoms with Crippen LogP contribution in [0.1, 0.15) is 44.7 Å². The lowest BCUT2D eigenvalue weighted by molar-refractivity contribution is 0.0166. The van der Waals surface area contributed by atoms with Crippen molar-refractivity contribution in [2.45, 2.75) is 52.6 Å². The molecule has 4 nitrogen and oxygen atoms in total. The summed E-state index contributed by atoms with van der Waals surface area (Å²) in [7, 11) is 0. The number of phenolic OH excluding ortho intramolecular Hbond substituents is 1. The molecule has 1 atom stereocenters. The third-order valence-corrected chi connectivity index (χ3v) is 3.82. The standard InChI is InChI=1S/C18H27NO3/c1-13-8-15(11-16(20)9-13)10-14-6-5-7-19(12-14)17(21)22-18(2,3)4/h8-9,11,14,20H,5-7,10,12H2,1-4H3/t14-/m1/s1. The van der Waals surface area contributed by atoms with E-state index in [4.69, 9.17) is 4.74 Å². The van der Waals surface area contributed by atoms with Gasteiger partial charge in [0.15, 0.2) is 0 Å². The van der Waals surface area contributed by atoms with E-state index < -0.39 is 5.60 Å². The summed E-state index contributed by atoms with van der Waals surface area (Å²) in [6, 6.07) is 5.68. The molecule has 2 rings (SSSR count). The van der Waals surface area contributed by atoms with Crippen LogP contribution in [0.15, 0.2) is 18.2 Å². The molecule has 0 radical (unpaired) electrons. The second kappa shape index (κ2) is 6.59. The van der Waals surface area contributed by atoms with Crippen molar-refractivity contribution in [3.05, 3.63) is 29.3 Å². The highest BCUT2D eigenvalue weighted by Gasteiger charge is 2.27. The number of aromatic hydroxyl groups is 1. The Morgan fingerprint density at radius 2 is 2.09 bits per heavy atom. The molecule has 0 unspecified atom stereocenters. The van der Waals surface area contributed by atoms with Crippen molar-refractivity contribution in [1.82, 2.24) is 4.90 Å². The summed E-state index contributed by atoms with van der Waals surface area (Å²) in [4.78, 5) is 14.0. The van der Waals surface area contributed by atoms with Crippen LogP contribution in [0.2, 0.25) is 0 Å². The first-order chi connectivity index (χ1) is 10.2. The molecule has 0 spiro atoms. The maximum Gasteiger partial charge on any atom is 0.410 e. The van der Waals surface area contributed by atoms with E-state index in [0.29, 0.717) is 11.7 Å². The van der Waals surface area contributed by atoms with E-state index in [0.717, 1.165) is 43.5 Å². The zero-order chi connectivity index (χ0) is 16.3. The predicted molar refractivity (Wildman–Crippen MR) is 87.1 cm³/mol. The van der Waals surface area contributed by atoms with Crippen LogP contribution in [0.4, 0.5) is 4.79 Å². The van der Waals surface area contributed by atoms with Crippen molar-refractivity contribution in [2.75, 3.05) is 13.1 Å². The first kappa shape index (κ1) is 16.7. The maximum absolute atomic E-state index is 12.2. The highest BCUT2D eigenvalue weighted by atomic mass is 16.6. The lowest BCUT2D eigenvalue weighted by atomic mass is 9.91. The zero-order valence-corrected chi connectivity index (χ0v) is 14.1. The molecule has 122 valence electrons. The molecule has 1 saturated heterocycles. The molecule has 1 N–H and O–H groups in total. The van der Waals surface area contributed by atoms with Crippen LogP contribution in [0.5, 0.6) is 5.75 Å². The fourth-order valence-corrected chi connectivity index (χ4v) is 3.02. The van der Waals surface area contributed by atoms with Crippen LogP contribution >= 0.6 is 0 Å². The summed E-state index contributed by atoms with van der Waals surface area (Å²) in [6.45, 7) is 9.15. The molecule has 1 aromatic carbocycles. The van der Waals surface area contributed by atoms with E-state index in [2.05, 4.69) is 6.07 Å². The molecular weight excluding hydrogens is 278 g/mol. The number of phenols is 1. The first-order valence-electron chi connectivity index (χ1n) is 8.00. The van der Waals surface area contributed by atoms with Crippen molar-refractivity contribution in [1.29, 1.82) is 0 Å². The second-order valence-electron chi connectivity index (χ2n) is 7.32. The molecule has 0 aromatic heterocycles. The summed E-state index contributed by atoms with van der Waals surface area (Å²) in [5.41, 5.74) is 1.75. The number of carbonyl (C=O) groups excluding carboxylic acids is 1. The Morgan fingerprint density at radius 3 is 2.73 bits per heavy atom. The minimum absolute atomic E-state index is 0.218. The molecule has 4 heteroatoms. The number of nitrogens with zero attached hydrogens (tertiary/aromatic N) is 1. The van der Waals surface area contributed by atoms with E-state index in [1.54, 1.807) is 6.07 Å². The molecule has 1 fully saturated rings. The number of hydrogen-bond acceptors (Lipinski definition) is 3. The van der Waals surface area contributed by atoms with Gasteiger partial charge in [0.1, 0.15) is 11.4 Å². The van der Waals surface area contributed by atoms with Gasteiger partial charge >= 0.3 is 6.09 Å². The zero-order valence-electron chi connectivity index (χ0n) is 14.1. The van der Waals surface area contributed by atoms with Crippen LogP contribution in [0.25, 0.3) is 0 Å². The molecule has 1 aliphatic heterocycles. The van der Waals surface area contributed by atoms with E-state index in [1.807, 2.05) is 38.7 Å². The lowest BCUT2D eigenvalue weighted by Crippen LogP contribution is -2.43. The predicted octanol–water partition coefficient (Wildman–Crippen LogP) is 3.89. The Morgan fingerprint density at radius 1 is 1.36 bits per heavy atom. The summed E-state index contributed by atoms with van der Waals surface area (Å²) < 4.78 is 5.46. The minimum Gasteiger partial charge on any atom is -0.508 e. The molecule has 1 aliphatic rings. The number of carbonyl (C=O) groups is 1. The summed E-state index contributed by atoms with van der Waals surface area (Å²) in [6.07, 6.45) is 2.77. The van der Waals surface area contributed by atoms with E-state index in [1.165, 1.54) is 0 Å². The topological polar surface area (TPSA) is 49.8 Å². The Kier molecular flexibility index (Phi) is 4.99. The number of amides is 1. The van der Waals surface area contributed by atoms with Gasteiger partial charge < -0.3 is 14.7 Å². The Hall–Kier alpha value is -1.71. The Labute approximate surface area is 133 Å². The minimum atomic E-state index is -0.452. The quantitative estimate of drug-likeness (QED) is 0.902. The maximum atomic E-state index is 12.2. The van der Waals surface area contributed by atoms with Crippen molar-refractivity contribution in [3.63, 3.8) is 0 Å². The lowest BCUT2D eigenvalue weighted by Gasteiger charge is -2.34. The Balaban J connectivity index is 1.97. The third kappa shape index (κ3) is 4.93. The van der Waals surface area contributed by atoms with Crippen LogP contribution in [0.3, 0.4) is 0 Å². The van der Waals surface area contributed by atoms with Gasteiger partial charge in [-0.3, -0.25) is 0 Å². The van der Waals surface area contributed by atoms with Crippen LogP contribution in [0, 0.1) is 12.8 Å². The number of rotatable bonds is 2. The highest BCUT2D eigenvalue weighted by Crippen LogP contribution is 2.24. The molecule has 1 heterocycles. The number of likely N-dealkylation sites (tertiary alicyclic amines) is 1. The van der Waals surface area contributed by atoms with Gasteiger partial charge in [-0.2, -0.15) is 0 Å². The van der Waals surface area contributed by atoms with Gasteiger partial charge in [-0.15, -0.1) is 0 Å². The fourth-order valence-electron chi connectivity index (χ4n) is 3.02. The number of aryl methyl sites for hydroxylation is 1.